The van der Waals surface area contributed by atoms with Gasteiger partial charge in [-0.25, -0.2) is 9.18 Å². The van der Waals surface area contributed by atoms with E-state index in [0.717, 1.165) is 10.8 Å². The van der Waals surface area contributed by atoms with Crippen molar-refractivity contribution in [3.63, 3.8) is 0 Å². The topological polar surface area (TPSA) is 31.2 Å². The van der Waals surface area contributed by atoms with Crippen LogP contribution in [0.5, 0.6) is 0 Å². The molecule has 1 heterocycles. The monoisotopic (exact) mass is 221 g/mol. The lowest BCUT2D eigenvalue weighted by atomic mass is 10.2. The van der Waals surface area contributed by atoms with E-state index in [9.17, 15) is 9.18 Å². The molecular weight excluding hydrogens is 209 g/mol. The Labute approximate surface area is 88.3 Å². The van der Waals surface area contributed by atoms with E-state index in [4.69, 9.17) is 4.74 Å². The second kappa shape index (κ2) is 4.46. The molecule has 1 rings (SSSR count). The molecule has 1 aromatic rings. The van der Waals surface area contributed by atoms with Gasteiger partial charge < -0.3 is 4.74 Å². The molecule has 0 saturated carbocycles. The minimum atomic E-state index is -0.573. The van der Waals surface area contributed by atoms with E-state index in [0.29, 0.717) is 0 Å². The summed E-state index contributed by atoms with van der Waals surface area (Å²) in [6, 6.07) is 1.20. The van der Waals surface area contributed by atoms with Crippen molar-refractivity contribution in [1.82, 2.24) is 4.57 Å². The normalized spacial score (nSPS) is 10.6. The molecule has 0 saturated heterocycles. The van der Waals surface area contributed by atoms with Crippen LogP contribution in [0.2, 0.25) is 0 Å². The van der Waals surface area contributed by atoms with Crippen molar-refractivity contribution in [2.75, 3.05) is 0 Å². The van der Waals surface area contributed by atoms with Crippen LogP contribution >= 0.6 is 12.4 Å². The molecule has 0 aliphatic carbocycles. The number of aromatic nitrogens is 1. The van der Waals surface area contributed by atoms with Crippen LogP contribution in [-0.4, -0.2) is 16.3 Å². The molecule has 0 aromatic carbocycles. The highest BCUT2D eigenvalue weighted by Gasteiger charge is 2.17. The van der Waals surface area contributed by atoms with E-state index >= 15 is 0 Å². The lowest BCUT2D eigenvalue weighted by molar-refractivity contribution is 0.0536. The van der Waals surface area contributed by atoms with Crippen LogP contribution in [0.4, 0.5) is 9.18 Å². The van der Waals surface area contributed by atoms with E-state index < -0.39 is 17.5 Å². The van der Waals surface area contributed by atoms with Gasteiger partial charge in [0.05, 0.1) is 6.20 Å². The summed E-state index contributed by atoms with van der Waals surface area (Å²) in [5, 5.41) is 0. The van der Waals surface area contributed by atoms with Crippen LogP contribution in [0.1, 0.15) is 20.8 Å². The molecule has 0 aliphatic rings. The summed E-state index contributed by atoms with van der Waals surface area (Å²) in [5.41, 5.74) is -0.558. The average Bonchev–Trinajstić information content (AvgIpc) is 2.31. The fraction of sp³-hybridized carbons (Fsp3) is 0.444. The Balaban J connectivity index is 0.00000169. The van der Waals surface area contributed by atoms with Crippen molar-refractivity contribution in [2.45, 2.75) is 26.4 Å². The molecule has 5 heteroatoms. The second-order valence-electron chi connectivity index (χ2n) is 3.72. The third kappa shape index (κ3) is 3.79. The van der Waals surface area contributed by atoms with E-state index in [1.54, 1.807) is 20.8 Å². The first-order valence-electron chi connectivity index (χ1n) is 3.95. The predicted molar refractivity (Wildman–Crippen MR) is 53.3 cm³/mol. The summed E-state index contributed by atoms with van der Waals surface area (Å²) >= 11 is 0. The second-order valence-corrected chi connectivity index (χ2v) is 3.72. The Morgan fingerprint density at radius 3 is 2.43 bits per heavy atom. The Bertz CT molecular complexity index is 317. The smallest absolute Gasteiger partial charge is 0.418 e. The fourth-order valence-electron chi connectivity index (χ4n) is 0.799. The van der Waals surface area contributed by atoms with Gasteiger partial charge in [0.1, 0.15) is 11.4 Å². The zero-order valence-electron chi connectivity index (χ0n) is 8.28. The van der Waals surface area contributed by atoms with E-state index in [2.05, 4.69) is 0 Å². The molecule has 0 amide bonds. The lowest BCUT2D eigenvalue weighted by Crippen LogP contribution is -2.26. The van der Waals surface area contributed by atoms with Crippen molar-refractivity contribution in [1.29, 1.82) is 0 Å². The summed E-state index contributed by atoms with van der Waals surface area (Å²) in [5.74, 6) is -0.453. The highest BCUT2D eigenvalue weighted by Crippen LogP contribution is 2.09. The van der Waals surface area contributed by atoms with Gasteiger partial charge >= 0.3 is 6.09 Å². The Hall–Kier alpha value is -1.03. The Morgan fingerprint density at radius 2 is 2.07 bits per heavy atom. The number of carbonyl (C=O) groups excluding carboxylic acids is 1. The quantitative estimate of drug-likeness (QED) is 0.675. The van der Waals surface area contributed by atoms with Crippen molar-refractivity contribution < 1.29 is 13.9 Å². The number of ether oxygens (including phenoxy) is 1. The fourth-order valence-corrected chi connectivity index (χ4v) is 0.799. The summed E-state index contributed by atoms with van der Waals surface area (Å²) in [6.45, 7) is 5.26. The van der Waals surface area contributed by atoms with E-state index in [1.807, 2.05) is 0 Å². The first kappa shape index (κ1) is 13.0. The maximum absolute atomic E-state index is 12.5. The number of nitrogens with zero attached hydrogens (tertiary/aromatic N) is 1. The maximum Gasteiger partial charge on any atom is 0.418 e. The van der Waals surface area contributed by atoms with Crippen molar-refractivity contribution in [3.05, 3.63) is 24.3 Å². The maximum atomic E-state index is 12.5. The van der Waals surface area contributed by atoms with Crippen LogP contribution in [-0.2, 0) is 4.74 Å². The highest BCUT2D eigenvalue weighted by atomic mass is 35.5. The first-order valence-corrected chi connectivity index (χ1v) is 3.95. The predicted octanol–water partition coefficient (Wildman–Crippen LogP) is 2.83. The SMILES string of the molecule is CC(C)(C)OC(=O)n1ccc(F)c1.Cl. The number of carbonyl (C=O) groups is 1. The molecule has 0 atom stereocenters. The van der Waals surface area contributed by atoms with Gasteiger partial charge in [-0.1, -0.05) is 0 Å². The minimum Gasteiger partial charge on any atom is -0.443 e. The molecule has 0 N–H and O–H groups in total. The molecule has 3 nitrogen and oxygen atoms in total. The van der Waals surface area contributed by atoms with Gasteiger partial charge in [-0.2, -0.15) is 0 Å². The minimum absolute atomic E-state index is 0. The Morgan fingerprint density at radius 1 is 1.50 bits per heavy atom. The lowest BCUT2D eigenvalue weighted by Gasteiger charge is -2.19. The number of hydrogen-bond acceptors (Lipinski definition) is 2. The largest absolute Gasteiger partial charge is 0.443 e. The van der Waals surface area contributed by atoms with Crippen LogP contribution in [0, 0.1) is 5.82 Å². The zero-order valence-corrected chi connectivity index (χ0v) is 9.10. The van der Waals surface area contributed by atoms with Crippen LogP contribution in [0.25, 0.3) is 0 Å². The Kier molecular flexibility index (Phi) is 4.13. The van der Waals surface area contributed by atoms with E-state index in [1.165, 1.54) is 12.3 Å². The molecule has 0 radical (unpaired) electrons. The van der Waals surface area contributed by atoms with Gasteiger partial charge in [-0.05, 0) is 26.8 Å². The molecule has 0 aliphatic heterocycles. The first-order chi connectivity index (χ1) is 5.88. The van der Waals surface area contributed by atoms with Gasteiger partial charge in [0.15, 0.2) is 0 Å². The van der Waals surface area contributed by atoms with Crippen molar-refractivity contribution in [3.8, 4) is 0 Å². The highest BCUT2D eigenvalue weighted by molar-refractivity contribution is 5.85. The third-order valence-electron chi connectivity index (χ3n) is 1.26. The molecule has 80 valence electrons. The standard InChI is InChI=1S/C9H12FNO2.ClH/c1-9(2,3)13-8(12)11-5-4-7(10)6-11;/h4-6H,1-3H3;1H. The summed E-state index contributed by atoms with van der Waals surface area (Å²) in [6.07, 6.45) is 1.83. The van der Waals surface area contributed by atoms with Gasteiger partial charge in [-0.3, -0.25) is 4.57 Å². The molecule has 14 heavy (non-hydrogen) atoms. The summed E-state index contributed by atoms with van der Waals surface area (Å²) in [7, 11) is 0. The molecule has 0 bridgehead atoms. The van der Waals surface area contributed by atoms with Crippen LogP contribution in [0.3, 0.4) is 0 Å². The number of rotatable bonds is 0. The number of hydrogen-bond donors (Lipinski definition) is 0. The van der Waals surface area contributed by atoms with Crippen LogP contribution in [0.15, 0.2) is 18.5 Å². The summed E-state index contributed by atoms with van der Waals surface area (Å²) < 4.78 is 18.6. The summed E-state index contributed by atoms with van der Waals surface area (Å²) in [4.78, 5) is 11.2. The molecule has 0 unspecified atom stereocenters. The zero-order chi connectivity index (χ0) is 10.1. The van der Waals surface area contributed by atoms with Crippen LogP contribution < -0.4 is 0 Å². The molecular formula is C9H13ClFNO2. The van der Waals surface area contributed by atoms with E-state index in [-0.39, 0.29) is 12.4 Å². The van der Waals surface area contributed by atoms with Crippen molar-refractivity contribution in [2.24, 2.45) is 0 Å². The number of halogens is 2. The molecule has 0 fully saturated rings. The average molecular weight is 222 g/mol. The van der Waals surface area contributed by atoms with Gasteiger partial charge in [0.2, 0.25) is 0 Å². The molecule has 1 aromatic heterocycles. The van der Waals surface area contributed by atoms with Gasteiger partial charge in [-0.15, -0.1) is 12.4 Å². The molecule has 0 spiro atoms. The van der Waals surface area contributed by atoms with Crippen molar-refractivity contribution >= 4 is 18.5 Å². The third-order valence-corrected chi connectivity index (χ3v) is 1.26. The van der Waals surface area contributed by atoms with Gasteiger partial charge in [0.25, 0.3) is 0 Å². The van der Waals surface area contributed by atoms with Gasteiger partial charge in [0, 0.05) is 6.20 Å².